The van der Waals surface area contributed by atoms with Crippen LogP contribution in [0.15, 0.2) is 24.3 Å². The molecule has 1 saturated carbocycles. The molecule has 19 heavy (non-hydrogen) atoms. The second-order valence-electron chi connectivity index (χ2n) is 5.99. The van der Waals surface area contributed by atoms with E-state index >= 15 is 0 Å². The van der Waals surface area contributed by atoms with Crippen LogP contribution in [-0.2, 0) is 11.3 Å². The van der Waals surface area contributed by atoms with E-state index < -0.39 is 0 Å². The van der Waals surface area contributed by atoms with Crippen LogP contribution in [0.4, 0.5) is 0 Å². The highest BCUT2D eigenvalue weighted by molar-refractivity contribution is 5.29. The number of ether oxygens (including phenoxy) is 1. The van der Waals surface area contributed by atoms with Gasteiger partial charge in [-0.1, -0.05) is 38.1 Å². The highest BCUT2D eigenvalue weighted by Gasteiger charge is 2.23. The summed E-state index contributed by atoms with van der Waals surface area (Å²) >= 11 is 0. The highest BCUT2D eigenvalue weighted by atomic mass is 16.5. The summed E-state index contributed by atoms with van der Waals surface area (Å²) in [4.78, 5) is 0. The molecule has 1 aromatic rings. The molecule has 2 rings (SSSR count). The lowest BCUT2D eigenvalue weighted by Crippen LogP contribution is -2.19. The summed E-state index contributed by atoms with van der Waals surface area (Å²) in [6, 6.07) is 9.00. The van der Waals surface area contributed by atoms with Crippen LogP contribution in [0.3, 0.4) is 0 Å². The van der Waals surface area contributed by atoms with Crippen LogP contribution in [0.2, 0.25) is 0 Å². The predicted octanol–water partition coefficient (Wildman–Crippen LogP) is 3.72. The first-order valence-corrected chi connectivity index (χ1v) is 7.63. The first kappa shape index (κ1) is 14.5. The Morgan fingerprint density at radius 3 is 2.84 bits per heavy atom. The zero-order valence-electron chi connectivity index (χ0n) is 12.3. The van der Waals surface area contributed by atoms with Gasteiger partial charge in [-0.25, -0.2) is 0 Å². The molecule has 0 bridgehead atoms. The van der Waals surface area contributed by atoms with Gasteiger partial charge in [-0.2, -0.15) is 0 Å². The lowest BCUT2D eigenvalue weighted by atomic mass is 10.1. The van der Waals surface area contributed by atoms with E-state index in [4.69, 9.17) is 4.74 Å². The molecule has 1 aromatic carbocycles. The molecule has 0 spiro atoms. The molecular weight excluding hydrogens is 234 g/mol. The van der Waals surface area contributed by atoms with Gasteiger partial charge >= 0.3 is 0 Å². The van der Waals surface area contributed by atoms with Crippen molar-refractivity contribution in [3.63, 3.8) is 0 Å². The van der Waals surface area contributed by atoms with Crippen molar-refractivity contribution in [3.05, 3.63) is 35.4 Å². The van der Waals surface area contributed by atoms with E-state index in [1.807, 2.05) is 0 Å². The lowest BCUT2D eigenvalue weighted by molar-refractivity contribution is 0.125. The van der Waals surface area contributed by atoms with Gasteiger partial charge in [0.2, 0.25) is 0 Å². The number of hydrogen-bond donors (Lipinski definition) is 1. The normalized spacial score (nSPS) is 15.1. The van der Waals surface area contributed by atoms with Gasteiger partial charge in [0.1, 0.15) is 0 Å². The molecule has 0 aromatic heterocycles. The van der Waals surface area contributed by atoms with Crippen LogP contribution in [0.1, 0.15) is 50.2 Å². The molecule has 0 saturated heterocycles. The molecule has 0 unspecified atom stereocenters. The Labute approximate surface area is 117 Å². The van der Waals surface area contributed by atoms with E-state index in [-0.39, 0.29) is 0 Å². The van der Waals surface area contributed by atoms with Gasteiger partial charge in [-0.15, -0.1) is 0 Å². The first-order valence-electron chi connectivity index (χ1n) is 7.63. The van der Waals surface area contributed by atoms with Crippen molar-refractivity contribution in [2.75, 3.05) is 19.8 Å². The second kappa shape index (κ2) is 7.66. The molecule has 0 aliphatic heterocycles. The van der Waals surface area contributed by atoms with Crippen LogP contribution >= 0.6 is 0 Å². The molecule has 1 aliphatic rings. The Bertz CT molecular complexity index is 371. The fraction of sp³-hybridized carbons (Fsp3) is 0.647. The van der Waals surface area contributed by atoms with E-state index in [9.17, 15) is 0 Å². The Balaban J connectivity index is 1.56. The average molecular weight is 261 g/mol. The second-order valence-corrected chi connectivity index (χ2v) is 5.99. The fourth-order valence-corrected chi connectivity index (χ4v) is 2.17. The number of rotatable bonds is 9. The van der Waals surface area contributed by atoms with E-state index in [0.29, 0.717) is 0 Å². The summed E-state index contributed by atoms with van der Waals surface area (Å²) in [5.74, 6) is 1.58. The van der Waals surface area contributed by atoms with Gasteiger partial charge < -0.3 is 10.1 Å². The highest BCUT2D eigenvalue weighted by Crippen LogP contribution is 2.40. The summed E-state index contributed by atoms with van der Waals surface area (Å²) < 4.78 is 5.59. The molecule has 1 fully saturated rings. The topological polar surface area (TPSA) is 21.3 Å². The molecule has 0 radical (unpaired) electrons. The molecule has 2 nitrogen and oxygen atoms in total. The Morgan fingerprint density at radius 1 is 1.26 bits per heavy atom. The van der Waals surface area contributed by atoms with Crippen LogP contribution < -0.4 is 5.32 Å². The molecule has 0 atom stereocenters. The molecule has 106 valence electrons. The van der Waals surface area contributed by atoms with Crippen molar-refractivity contribution in [2.24, 2.45) is 5.92 Å². The van der Waals surface area contributed by atoms with Crippen molar-refractivity contribution in [1.29, 1.82) is 0 Å². The van der Waals surface area contributed by atoms with Gasteiger partial charge in [0.25, 0.3) is 0 Å². The van der Waals surface area contributed by atoms with E-state index in [0.717, 1.165) is 44.6 Å². The zero-order valence-corrected chi connectivity index (χ0v) is 12.3. The van der Waals surface area contributed by atoms with E-state index in [2.05, 4.69) is 43.4 Å². The number of hydrogen-bond acceptors (Lipinski definition) is 2. The van der Waals surface area contributed by atoms with Gasteiger partial charge in [0, 0.05) is 19.7 Å². The summed E-state index contributed by atoms with van der Waals surface area (Å²) in [5.41, 5.74) is 2.92. The lowest BCUT2D eigenvalue weighted by Gasteiger charge is -2.08. The quantitative estimate of drug-likeness (QED) is 0.684. The van der Waals surface area contributed by atoms with Crippen molar-refractivity contribution in [1.82, 2.24) is 5.32 Å². The Hall–Kier alpha value is -0.860. The molecule has 1 N–H and O–H groups in total. The number of nitrogens with one attached hydrogen (secondary N) is 1. The SMILES string of the molecule is CC(C)CCOCCNCc1cccc(C2CC2)c1. The van der Waals surface area contributed by atoms with Crippen LogP contribution in [-0.4, -0.2) is 19.8 Å². The van der Waals surface area contributed by atoms with Crippen molar-refractivity contribution in [3.8, 4) is 0 Å². The maximum Gasteiger partial charge on any atom is 0.0591 e. The minimum absolute atomic E-state index is 0.734. The predicted molar refractivity (Wildman–Crippen MR) is 80.4 cm³/mol. The van der Waals surface area contributed by atoms with Gasteiger partial charge in [-0.3, -0.25) is 0 Å². The van der Waals surface area contributed by atoms with Crippen molar-refractivity contribution in [2.45, 2.75) is 45.6 Å². The summed E-state index contributed by atoms with van der Waals surface area (Å²) in [7, 11) is 0. The molecule has 0 amide bonds. The summed E-state index contributed by atoms with van der Waals surface area (Å²) in [6.45, 7) is 8.05. The molecular formula is C17H27NO. The third-order valence-electron chi connectivity index (χ3n) is 3.59. The van der Waals surface area contributed by atoms with Gasteiger partial charge in [0.05, 0.1) is 6.61 Å². The van der Waals surface area contributed by atoms with Crippen LogP contribution in [0.5, 0.6) is 0 Å². The Morgan fingerprint density at radius 2 is 2.11 bits per heavy atom. The smallest absolute Gasteiger partial charge is 0.0591 e. The first-order chi connectivity index (χ1) is 9.25. The van der Waals surface area contributed by atoms with Crippen molar-refractivity contribution < 1.29 is 4.74 Å². The minimum Gasteiger partial charge on any atom is -0.380 e. The monoisotopic (exact) mass is 261 g/mol. The maximum atomic E-state index is 5.59. The van der Waals surface area contributed by atoms with Gasteiger partial charge in [0.15, 0.2) is 0 Å². The van der Waals surface area contributed by atoms with Gasteiger partial charge in [-0.05, 0) is 42.2 Å². The summed E-state index contributed by atoms with van der Waals surface area (Å²) in [6.07, 6.45) is 3.91. The molecule has 0 heterocycles. The maximum absolute atomic E-state index is 5.59. The van der Waals surface area contributed by atoms with E-state index in [1.54, 1.807) is 0 Å². The fourth-order valence-electron chi connectivity index (χ4n) is 2.17. The standard InChI is InChI=1S/C17H27NO/c1-14(2)8-10-19-11-9-18-13-15-4-3-5-17(12-15)16-6-7-16/h3-5,12,14,16,18H,6-11,13H2,1-2H3. The Kier molecular flexibility index (Phi) is 5.87. The van der Waals surface area contributed by atoms with Crippen molar-refractivity contribution >= 4 is 0 Å². The largest absolute Gasteiger partial charge is 0.380 e. The molecule has 1 aliphatic carbocycles. The average Bonchev–Trinajstić information content (AvgIpc) is 3.22. The minimum atomic E-state index is 0.734. The third-order valence-corrected chi connectivity index (χ3v) is 3.59. The summed E-state index contributed by atoms with van der Waals surface area (Å²) in [5, 5.41) is 3.45. The van der Waals surface area contributed by atoms with Crippen LogP contribution in [0.25, 0.3) is 0 Å². The molecule has 2 heteroatoms. The van der Waals surface area contributed by atoms with Crippen LogP contribution in [0, 0.1) is 5.92 Å². The zero-order chi connectivity index (χ0) is 13.5. The van der Waals surface area contributed by atoms with E-state index in [1.165, 1.54) is 24.0 Å². The third kappa shape index (κ3) is 5.75. The number of benzene rings is 1.